The van der Waals surface area contributed by atoms with Crippen molar-refractivity contribution in [3.63, 3.8) is 0 Å². The van der Waals surface area contributed by atoms with Gasteiger partial charge in [0.05, 0.1) is 23.6 Å². The van der Waals surface area contributed by atoms with Gasteiger partial charge in [-0.15, -0.1) is 0 Å². The molecule has 1 aromatic rings. The number of nitro groups is 1. The number of carboxylic acid groups (broad SMARTS) is 1. The zero-order chi connectivity index (χ0) is 16.7. The molecular weight excluding hydrogens is 294 g/mol. The summed E-state index contributed by atoms with van der Waals surface area (Å²) in [6.45, 7) is 2.08. The van der Waals surface area contributed by atoms with Gasteiger partial charge in [-0.3, -0.25) is 14.9 Å². The molecule has 0 saturated carbocycles. The van der Waals surface area contributed by atoms with E-state index in [2.05, 4.69) is 5.32 Å². The molecule has 0 aliphatic heterocycles. The van der Waals surface area contributed by atoms with Gasteiger partial charge >= 0.3 is 12.0 Å². The number of aliphatic carboxylic acids is 1. The summed E-state index contributed by atoms with van der Waals surface area (Å²) in [6, 6.07) is 3.28. The van der Waals surface area contributed by atoms with Gasteiger partial charge in [0.1, 0.15) is 5.75 Å². The van der Waals surface area contributed by atoms with Gasteiger partial charge in [-0.2, -0.15) is 0 Å². The molecule has 0 heterocycles. The number of urea groups is 1. The summed E-state index contributed by atoms with van der Waals surface area (Å²) in [6.07, 6.45) is -0.197. The molecule has 1 aromatic carbocycles. The van der Waals surface area contributed by atoms with Crippen LogP contribution >= 0.6 is 0 Å². The first-order valence-corrected chi connectivity index (χ1v) is 6.50. The standard InChI is InChI=1S/C13H17N3O6/c1-3-22-11-5-4-9(16(20)21)8-10(11)14-13(19)15(2)7-6-12(17)18/h4-5,8H,3,6-7H2,1-2H3,(H,14,19)(H,17,18). The first kappa shape index (κ1) is 17.2. The molecule has 1 rings (SSSR count). The number of ether oxygens (including phenoxy) is 1. The van der Waals surface area contributed by atoms with E-state index in [9.17, 15) is 19.7 Å². The Kier molecular flexibility index (Phi) is 6.11. The molecule has 22 heavy (non-hydrogen) atoms. The Morgan fingerprint density at radius 1 is 1.45 bits per heavy atom. The lowest BCUT2D eigenvalue weighted by Crippen LogP contribution is -2.33. The summed E-state index contributed by atoms with van der Waals surface area (Å²) in [5.74, 6) is -0.724. The van der Waals surface area contributed by atoms with Crippen molar-refractivity contribution in [3.8, 4) is 5.75 Å². The van der Waals surface area contributed by atoms with E-state index in [-0.39, 0.29) is 24.3 Å². The average molecular weight is 311 g/mol. The number of benzene rings is 1. The molecule has 0 aromatic heterocycles. The van der Waals surface area contributed by atoms with Crippen LogP contribution in [0.2, 0.25) is 0 Å². The Balaban J connectivity index is 2.89. The average Bonchev–Trinajstić information content (AvgIpc) is 2.46. The van der Waals surface area contributed by atoms with Crippen molar-refractivity contribution in [1.82, 2.24) is 4.90 Å². The zero-order valence-electron chi connectivity index (χ0n) is 12.2. The molecule has 0 bridgehead atoms. The molecule has 0 fully saturated rings. The molecule has 0 atom stereocenters. The number of hydrogen-bond donors (Lipinski definition) is 2. The maximum absolute atomic E-state index is 12.0. The van der Waals surface area contributed by atoms with Crippen LogP contribution < -0.4 is 10.1 Å². The van der Waals surface area contributed by atoms with Gasteiger partial charge < -0.3 is 20.1 Å². The van der Waals surface area contributed by atoms with E-state index < -0.39 is 16.9 Å². The largest absolute Gasteiger partial charge is 0.492 e. The number of nitrogens with zero attached hydrogens (tertiary/aromatic N) is 2. The van der Waals surface area contributed by atoms with Gasteiger partial charge in [-0.1, -0.05) is 0 Å². The minimum atomic E-state index is -1.02. The molecule has 0 unspecified atom stereocenters. The molecule has 0 saturated heterocycles. The fourth-order valence-corrected chi connectivity index (χ4v) is 1.59. The third-order valence-corrected chi connectivity index (χ3v) is 2.72. The second kappa shape index (κ2) is 7.81. The molecule has 0 radical (unpaired) electrons. The van der Waals surface area contributed by atoms with Crippen molar-refractivity contribution in [1.29, 1.82) is 0 Å². The third kappa shape index (κ3) is 4.93. The van der Waals surface area contributed by atoms with Crippen LogP contribution in [0, 0.1) is 10.1 Å². The Morgan fingerprint density at radius 3 is 2.68 bits per heavy atom. The minimum Gasteiger partial charge on any atom is -0.492 e. The maximum Gasteiger partial charge on any atom is 0.321 e. The second-order valence-electron chi connectivity index (χ2n) is 4.37. The Labute approximate surface area is 126 Å². The van der Waals surface area contributed by atoms with Crippen molar-refractivity contribution in [3.05, 3.63) is 28.3 Å². The predicted octanol–water partition coefficient (Wildman–Crippen LogP) is 1.93. The van der Waals surface area contributed by atoms with Gasteiger partial charge in [-0.25, -0.2) is 4.79 Å². The van der Waals surface area contributed by atoms with E-state index in [4.69, 9.17) is 9.84 Å². The van der Waals surface area contributed by atoms with E-state index in [0.717, 1.165) is 0 Å². The quantitative estimate of drug-likeness (QED) is 0.586. The van der Waals surface area contributed by atoms with E-state index in [1.807, 2.05) is 0 Å². The third-order valence-electron chi connectivity index (χ3n) is 2.72. The van der Waals surface area contributed by atoms with Gasteiger partial charge in [0, 0.05) is 25.7 Å². The number of hydrogen-bond acceptors (Lipinski definition) is 5. The number of nitro benzene ring substituents is 1. The first-order valence-electron chi connectivity index (χ1n) is 6.50. The van der Waals surface area contributed by atoms with E-state index >= 15 is 0 Å². The van der Waals surface area contributed by atoms with Gasteiger partial charge in [0.2, 0.25) is 0 Å². The lowest BCUT2D eigenvalue weighted by atomic mass is 10.2. The lowest BCUT2D eigenvalue weighted by Gasteiger charge is -2.18. The summed E-state index contributed by atoms with van der Waals surface area (Å²) >= 11 is 0. The predicted molar refractivity (Wildman–Crippen MR) is 78.2 cm³/mol. The Bertz CT molecular complexity index is 575. The summed E-state index contributed by atoms with van der Waals surface area (Å²) in [7, 11) is 1.43. The van der Waals surface area contributed by atoms with Gasteiger partial charge in [0.15, 0.2) is 0 Å². The van der Waals surface area contributed by atoms with E-state index in [1.54, 1.807) is 6.92 Å². The van der Waals surface area contributed by atoms with Crippen LogP contribution in [0.15, 0.2) is 18.2 Å². The topological polar surface area (TPSA) is 122 Å². The highest BCUT2D eigenvalue weighted by Gasteiger charge is 2.16. The number of amides is 2. The summed E-state index contributed by atoms with van der Waals surface area (Å²) in [5.41, 5.74) is -0.0323. The minimum absolute atomic E-state index is 0.0140. The monoisotopic (exact) mass is 311 g/mol. The lowest BCUT2D eigenvalue weighted by molar-refractivity contribution is -0.384. The van der Waals surface area contributed by atoms with E-state index in [1.165, 1.54) is 30.1 Å². The molecule has 0 spiro atoms. The maximum atomic E-state index is 12.0. The smallest absolute Gasteiger partial charge is 0.321 e. The van der Waals surface area contributed by atoms with Crippen molar-refractivity contribution < 1.29 is 24.4 Å². The summed E-state index contributed by atoms with van der Waals surface area (Å²) < 4.78 is 5.30. The van der Waals surface area contributed by atoms with Gasteiger partial charge in [-0.05, 0) is 13.0 Å². The SMILES string of the molecule is CCOc1ccc([N+](=O)[O-])cc1NC(=O)N(C)CCC(=O)O. The highest BCUT2D eigenvalue weighted by Crippen LogP contribution is 2.29. The fraction of sp³-hybridized carbons (Fsp3) is 0.385. The number of anilines is 1. The summed E-state index contributed by atoms with van der Waals surface area (Å²) in [4.78, 5) is 33.8. The van der Waals surface area contributed by atoms with Gasteiger partial charge in [0.25, 0.3) is 5.69 Å². The Hall–Kier alpha value is -2.84. The van der Waals surface area contributed by atoms with Crippen molar-refractivity contribution >= 4 is 23.4 Å². The van der Waals surface area contributed by atoms with Crippen LogP contribution in [0.5, 0.6) is 5.75 Å². The molecule has 2 N–H and O–H groups in total. The molecule has 2 amide bonds. The van der Waals surface area contributed by atoms with E-state index in [0.29, 0.717) is 12.4 Å². The first-order chi connectivity index (χ1) is 10.3. The number of carbonyl (C=O) groups excluding carboxylic acids is 1. The second-order valence-corrected chi connectivity index (χ2v) is 4.37. The van der Waals surface area contributed by atoms with Crippen LogP contribution in [0.25, 0.3) is 0 Å². The normalized spacial score (nSPS) is 9.91. The molecule has 9 heteroatoms. The van der Waals surface area contributed by atoms with Crippen LogP contribution in [-0.4, -0.2) is 47.1 Å². The van der Waals surface area contributed by atoms with Crippen molar-refractivity contribution in [2.75, 3.05) is 25.5 Å². The molecule has 0 aliphatic rings. The van der Waals surface area contributed by atoms with Crippen LogP contribution in [0.3, 0.4) is 0 Å². The molecule has 9 nitrogen and oxygen atoms in total. The number of rotatable bonds is 7. The number of carboxylic acids is 1. The number of carbonyl (C=O) groups is 2. The summed E-state index contributed by atoms with van der Waals surface area (Å²) in [5, 5.41) is 21.9. The molecule has 120 valence electrons. The van der Waals surface area contributed by atoms with Crippen LogP contribution in [0.4, 0.5) is 16.2 Å². The van der Waals surface area contributed by atoms with Crippen LogP contribution in [0.1, 0.15) is 13.3 Å². The highest BCUT2D eigenvalue weighted by molar-refractivity contribution is 5.91. The van der Waals surface area contributed by atoms with Crippen molar-refractivity contribution in [2.45, 2.75) is 13.3 Å². The number of nitrogens with one attached hydrogen (secondary N) is 1. The Morgan fingerprint density at radius 2 is 2.14 bits per heavy atom. The zero-order valence-corrected chi connectivity index (χ0v) is 12.2. The van der Waals surface area contributed by atoms with Crippen LogP contribution in [-0.2, 0) is 4.79 Å². The number of non-ortho nitro benzene ring substituents is 1. The fourth-order valence-electron chi connectivity index (χ4n) is 1.59. The highest BCUT2D eigenvalue weighted by atomic mass is 16.6. The molecule has 0 aliphatic carbocycles. The van der Waals surface area contributed by atoms with Crippen molar-refractivity contribution in [2.24, 2.45) is 0 Å². The molecular formula is C13H17N3O6.